The van der Waals surface area contributed by atoms with Crippen LogP contribution in [0.2, 0.25) is 0 Å². The van der Waals surface area contributed by atoms with Crippen LogP contribution in [0, 0.1) is 6.92 Å². The van der Waals surface area contributed by atoms with Crippen LogP contribution in [0.25, 0.3) is 0 Å². The average Bonchev–Trinajstić information content (AvgIpc) is 2.59. The number of sulfone groups is 1. The van der Waals surface area contributed by atoms with E-state index in [1.165, 1.54) is 11.1 Å². The van der Waals surface area contributed by atoms with E-state index in [0.29, 0.717) is 19.7 Å². The molecule has 7 heteroatoms. The van der Waals surface area contributed by atoms with Crippen molar-refractivity contribution in [2.24, 2.45) is 4.99 Å². The van der Waals surface area contributed by atoms with Crippen molar-refractivity contribution in [1.82, 2.24) is 10.2 Å². The molecule has 1 aromatic rings. The minimum atomic E-state index is -2.97. The SMILES string of the molecule is CCS(=O)(=O)CCNC(=NC)N1CCOC(c2ccccc2C)C1. The molecule has 1 saturated heterocycles. The zero-order chi connectivity index (χ0) is 17.6. The van der Waals surface area contributed by atoms with Gasteiger partial charge >= 0.3 is 0 Å². The van der Waals surface area contributed by atoms with Gasteiger partial charge in [-0.05, 0) is 18.1 Å². The predicted octanol–water partition coefficient (Wildman–Crippen LogP) is 1.38. The molecule has 1 N–H and O–H groups in total. The molecule has 0 spiro atoms. The summed E-state index contributed by atoms with van der Waals surface area (Å²) in [5, 5.41) is 3.16. The Balaban J connectivity index is 1.98. The molecule has 0 bridgehead atoms. The molecule has 1 aliphatic heterocycles. The summed E-state index contributed by atoms with van der Waals surface area (Å²) in [6.45, 7) is 6.18. The minimum absolute atomic E-state index is 0.00197. The fourth-order valence-corrected chi connectivity index (χ4v) is 3.47. The van der Waals surface area contributed by atoms with Crippen molar-refractivity contribution >= 4 is 15.8 Å². The van der Waals surface area contributed by atoms with E-state index in [4.69, 9.17) is 4.74 Å². The molecule has 1 fully saturated rings. The molecule has 0 radical (unpaired) electrons. The first-order chi connectivity index (χ1) is 11.5. The summed E-state index contributed by atoms with van der Waals surface area (Å²) < 4.78 is 29.1. The van der Waals surface area contributed by atoms with Crippen LogP contribution < -0.4 is 5.32 Å². The largest absolute Gasteiger partial charge is 0.370 e. The molecular weight excluding hydrogens is 326 g/mol. The molecule has 0 aliphatic carbocycles. The smallest absolute Gasteiger partial charge is 0.193 e. The highest BCUT2D eigenvalue weighted by Gasteiger charge is 2.25. The van der Waals surface area contributed by atoms with Gasteiger partial charge in [0.25, 0.3) is 0 Å². The Bertz CT molecular complexity index is 673. The number of benzene rings is 1. The van der Waals surface area contributed by atoms with Crippen molar-refractivity contribution < 1.29 is 13.2 Å². The molecule has 24 heavy (non-hydrogen) atoms. The summed E-state index contributed by atoms with van der Waals surface area (Å²) in [6.07, 6.45) is -0.00197. The maximum absolute atomic E-state index is 11.6. The molecule has 0 saturated carbocycles. The molecule has 1 aliphatic rings. The normalized spacial score (nSPS) is 19.4. The lowest BCUT2D eigenvalue weighted by molar-refractivity contribution is -0.00827. The second-order valence-electron chi connectivity index (χ2n) is 5.87. The molecule has 1 heterocycles. The summed E-state index contributed by atoms with van der Waals surface area (Å²) >= 11 is 0. The van der Waals surface area contributed by atoms with Crippen molar-refractivity contribution in [3.8, 4) is 0 Å². The van der Waals surface area contributed by atoms with Gasteiger partial charge < -0.3 is 15.0 Å². The fourth-order valence-electron chi connectivity index (χ4n) is 2.77. The summed E-state index contributed by atoms with van der Waals surface area (Å²) in [6, 6.07) is 8.22. The highest BCUT2D eigenvalue weighted by Crippen LogP contribution is 2.24. The van der Waals surface area contributed by atoms with Gasteiger partial charge in [-0.1, -0.05) is 31.2 Å². The Morgan fingerprint density at radius 2 is 2.17 bits per heavy atom. The Morgan fingerprint density at radius 1 is 1.42 bits per heavy atom. The summed E-state index contributed by atoms with van der Waals surface area (Å²) in [4.78, 5) is 6.41. The highest BCUT2D eigenvalue weighted by atomic mass is 32.2. The first-order valence-electron chi connectivity index (χ1n) is 8.30. The van der Waals surface area contributed by atoms with Gasteiger partial charge in [0.05, 0.1) is 18.9 Å². The quantitative estimate of drug-likeness (QED) is 0.640. The van der Waals surface area contributed by atoms with Crippen LogP contribution in [-0.4, -0.2) is 64.1 Å². The average molecular weight is 353 g/mol. The van der Waals surface area contributed by atoms with Crippen LogP contribution in [-0.2, 0) is 14.6 Å². The summed E-state index contributed by atoms with van der Waals surface area (Å²) in [5.41, 5.74) is 2.40. The molecule has 134 valence electrons. The third-order valence-electron chi connectivity index (χ3n) is 4.25. The lowest BCUT2D eigenvalue weighted by atomic mass is 10.0. The number of morpholine rings is 1. The third-order valence-corrected chi connectivity index (χ3v) is 5.95. The summed E-state index contributed by atoms with van der Waals surface area (Å²) in [5.74, 6) is 1.01. The number of rotatable bonds is 5. The predicted molar refractivity (Wildman–Crippen MR) is 97.1 cm³/mol. The number of ether oxygens (including phenoxy) is 1. The van der Waals surface area contributed by atoms with E-state index in [1.54, 1.807) is 14.0 Å². The zero-order valence-corrected chi connectivity index (χ0v) is 15.5. The van der Waals surface area contributed by atoms with E-state index < -0.39 is 9.84 Å². The number of nitrogens with one attached hydrogen (secondary N) is 1. The van der Waals surface area contributed by atoms with Gasteiger partial charge in [-0.3, -0.25) is 4.99 Å². The van der Waals surface area contributed by atoms with Gasteiger partial charge in [0, 0.05) is 25.9 Å². The first kappa shape index (κ1) is 18.7. The first-order valence-corrected chi connectivity index (χ1v) is 10.1. The number of guanidine groups is 1. The van der Waals surface area contributed by atoms with Gasteiger partial charge in [-0.25, -0.2) is 8.42 Å². The van der Waals surface area contributed by atoms with Crippen molar-refractivity contribution in [2.45, 2.75) is 20.0 Å². The van der Waals surface area contributed by atoms with Gasteiger partial charge in [0.1, 0.15) is 6.10 Å². The topological polar surface area (TPSA) is 71.0 Å². The van der Waals surface area contributed by atoms with Crippen molar-refractivity contribution in [2.75, 3.05) is 44.8 Å². The van der Waals surface area contributed by atoms with Gasteiger partial charge in [-0.15, -0.1) is 0 Å². The lowest BCUT2D eigenvalue weighted by Gasteiger charge is -2.35. The Labute approximate surface area is 144 Å². The molecule has 2 rings (SSSR count). The summed E-state index contributed by atoms with van der Waals surface area (Å²) in [7, 11) is -1.26. The number of hydrogen-bond acceptors (Lipinski definition) is 4. The van der Waals surface area contributed by atoms with Crippen LogP contribution in [0.1, 0.15) is 24.2 Å². The molecule has 1 unspecified atom stereocenters. The van der Waals surface area contributed by atoms with Crippen LogP contribution in [0.3, 0.4) is 0 Å². The monoisotopic (exact) mass is 353 g/mol. The molecule has 1 aromatic carbocycles. The lowest BCUT2D eigenvalue weighted by Crippen LogP contribution is -2.49. The Morgan fingerprint density at radius 3 is 2.83 bits per heavy atom. The number of hydrogen-bond donors (Lipinski definition) is 1. The number of aryl methyl sites for hydroxylation is 1. The second-order valence-corrected chi connectivity index (χ2v) is 8.35. The van der Waals surface area contributed by atoms with Crippen LogP contribution in [0.15, 0.2) is 29.3 Å². The molecule has 1 atom stereocenters. The van der Waals surface area contributed by atoms with Crippen LogP contribution in [0.4, 0.5) is 0 Å². The number of aliphatic imine (C=N–C) groups is 1. The van der Waals surface area contributed by atoms with Crippen molar-refractivity contribution in [3.05, 3.63) is 35.4 Å². The maximum Gasteiger partial charge on any atom is 0.193 e. The minimum Gasteiger partial charge on any atom is -0.370 e. The Kier molecular flexibility index (Phi) is 6.62. The fraction of sp³-hybridized carbons (Fsp3) is 0.588. The van der Waals surface area contributed by atoms with Crippen molar-refractivity contribution in [1.29, 1.82) is 0 Å². The molecule has 6 nitrogen and oxygen atoms in total. The molecule has 0 aromatic heterocycles. The van der Waals surface area contributed by atoms with E-state index in [1.807, 2.05) is 12.1 Å². The van der Waals surface area contributed by atoms with Gasteiger partial charge in [0.2, 0.25) is 0 Å². The number of nitrogens with zero attached hydrogens (tertiary/aromatic N) is 2. The zero-order valence-electron chi connectivity index (χ0n) is 14.7. The van der Waals surface area contributed by atoms with E-state index >= 15 is 0 Å². The van der Waals surface area contributed by atoms with Gasteiger partial charge in [-0.2, -0.15) is 0 Å². The Hall–Kier alpha value is -1.60. The second kappa shape index (κ2) is 8.48. The third kappa shape index (κ3) is 4.95. The van der Waals surface area contributed by atoms with Gasteiger partial charge in [0.15, 0.2) is 15.8 Å². The van der Waals surface area contributed by atoms with E-state index in [2.05, 4.69) is 34.3 Å². The highest BCUT2D eigenvalue weighted by molar-refractivity contribution is 7.91. The van der Waals surface area contributed by atoms with Crippen molar-refractivity contribution in [3.63, 3.8) is 0 Å². The van der Waals surface area contributed by atoms with E-state index in [0.717, 1.165) is 12.5 Å². The van der Waals surface area contributed by atoms with Crippen LogP contribution >= 0.6 is 0 Å². The van der Waals surface area contributed by atoms with Crippen LogP contribution in [0.5, 0.6) is 0 Å². The van der Waals surface area contributed by atoms with E-state index in [-0.39, 0.29) is 17.6 Å². The van der Waals surface area contributed by atoms with E-state index in [9.17, 15) is 8.42 Å². The standard InChI is InChI=1S/C17H27N3O3S/c1-4-24(21,22)12-9-19-17(18-3)20-10-11-23-16(13-20)15-8-6-5-7-14(15)2/h5-8,16H,4,9-13H2,1-3H3,(H,18,19). The molecule has 0 amide bonds. The maximum atomic E-state index is 11.6. The molecular formula is C17H27N3O3S.